The molecule has 0 fully saturated rings. The number of hydrogen-bond donors (Lipinski definition) is 0. The molecule has 11 rings (SSSR count). The highest BCUT2D eigenvalue weighted by Crippen LogP contribution is 2.41. The van der Waals surface area contributed by atoms with Gasteiger partial charge in [-0.2, -0.15) is 0 Å². The van der Waals surface area contributed by atoms with Gasteiger partial charge in [-0.15, -0.1) is 0 Å². The van der Waals surface area contributed by atoms with E-state index in [2.05, 4.69) is 192 Å². The Hall–Kier alpha value is -9.12. The van der Waals surface area contributed by atoms with Crippen molar-refractivity contribution in [3.05, 3.63) is 283 Å². The molecule has 3 aromatic heterocycles. The molecule has 4 heteroatoms. The SMILES string of the molecule is Fc1ccc(-c2cnc(-c3cccc(-c4ccc(-c5ccccc5)cc4)c3)cc2-c2ccccc2)c(-c2cc(C=Cc3ccc(-c4ccccn4)cc3)cc(CCc3ccc(-c4ccccn4)cc3)c2)c1. The van der Waals surface area contributed by atoms with Crippen molar-refractivity contribution in [2.45, 2.75) is 12.8 Å². The Morgan fingerprint density at radius 3 is 1.52 bits per heavy atom. The van der Waals surface area contributed by atoms with Gasteiger partial charge in [-0.25, -0.2) is 4.39 Å². The van der Waals surface area contributed by atoms with Crippen LogP contribution in [0.1, 0.15) is 22.3 Å². The maximum atomic E-state index is 15.8. The summed E-state index contributed by atoms with van der Waals surface area (Å²) in [5.41, 5.74) is 20.6. The molecule has 0 N–H and O–H groups in total. The van der Waals surface area contributed by atoms with Gasteiger partial charge in [-0.1, -0.05) is 194 Å². The van der Waals surface area contributed by atoms with Crippen LogP contribution in [0.25, 0.3) is 102 Å². The second-order valence-corrected chi connectivity index (χ2v) is 17.7. The Kier molecular flexibility index (Phi) is 12.9. The molecule has 71 heavy (non-hydrogen) atoms. The molecule has 0 saturated carbocycles. The number of aromatic nitrogens is 3. The normalized spacial score (nSPS) is 11.2. The van der Waals surface area contributed by atoms with Crippen LogP contribution >= 0.6 is 0 Å². The summed E-state index contributed by atoms with van der Waals surface area (Å²) in [7, 11) is 0. The molecule has 3 nitrogen and oxygen atoms in total. The highest BCUT2D eigenvalue weighted by Gasteiger charge is 2.18. The van der Waals surface area contributed by atoms with Gasteiger partial charge in [0.25, 0.3) is 0 Å². The van der Waals surface area contributed by atoms with E-state index in [0.29, 0.717) is 0 Å². The zero-order valence-electron chi connectivity index (χ0n) is 39.0. The van der Waals surface area contributed by atoms with Gasteiger partial charge in [0.15, 0.2) is 0 Å². The molecule has 0 aliphatic carbocycles. The first kappa shape index (κ1) is 44.4. The fourth-order valence-electron chi connectivity index (χ4n) is 9.29. The van der Waals surface area contributed by atoms with Crippen LogP contribution in [0.2, 0.25) is 0 Å². The number of nitrogens with zero attached hydrogens (tertiary/aromatic N) is 3. The number of hydrogen-bond acceptors (Lipinski definition) is 3. The molecule has 338 valence electrons. The van der Waals surface area contributed by atoms with Crippen LogP contribution in [0.4, 0.5) is 4.39 Å². The largest absolute Gasteiger partial charge is 0.256 e. The molecule has 0 spiro atoms. The molecule has 11 aromatic rings. The van der Waals surface area contributed by atoms with Gasteiger partial charge >= 0.3 is 0 Å². The number of benzene rings is 8. The minimum atomic E-state index is -0.299. The van der Waals surface area contributed by atoms with Crippen LogP contribution < -0.4 is 0 Å². The van der Waals surface area contributed by atoms with Crippen LogP contribution in [-0.4, -0.2) is 15.0 Å². The molecule has 0 saturated heterocycles. The predicted octanol–water partition coefficient (Wildman–Crippen LogP) is 17.3. The minimum absolute atomic E-state index is 0.299. The molecule has 8 aromatic carbocycles. The molecular formula is C67H48FN3. The van der Waals surface area contributed by atoms with Crippen LogP contribution in [-0.2, 0) is 12.8 Å². The molecule has 0 aliphatic rings. The van der Waals surface area contributed by atoms with E-state index in [0.717, 1.165) is 108 Å². The Morgan fingerprint density at radius 1 is 0.296 bits per heavy atom. The number of halogens is 1. The average molecular weight is 914 g/mol. The summed E-state index contributed by atoms with van der Waals surface area (Å²) >= 11 is 0. The van der Waals surface area contributed by atoms with Crippen LogP contribution in [0.3, 0.4) is 0 Å². The molecule has 0 amide bonds. The van der Waals surface area contributed by atoms with Gasteiger partial charge in [0.1, 0.15) is 5.82 Å². The first-order valence-corrected chi connectivity index (χ1v) is 24.0. The summed E-state index contributed by atoms with van der Waals surface area (Å²) in [5, 5.41) is 0. The highest BCUT2D eigenvalue weighted by atomic mass is 19.1. The number of rotatable bonds is 13. The van der Waals surface area contributed by atoms with E-state index in [1.165, 1.54) is 16.7 Å². The van der Waals surface area contributed by atoms with Crippen LogP contribution in [0, 0.1) is 5.82 Å². The zero-order valence-corrected chi connectivity index (χ0v) is 39.0. The minimum Gasteiger partial charge on any atom is -0.256 e. The lowest BCUT2D eigenvalue weighted by atomic mass is 9.88. The van der Waals surface area contributed by atoms with Crippen molar-refractivity contribution in [1.82, 2.24) is 15.0 Å². The molecule has 0 unspecified atom stereocenters. The molecule has 0 bridgehead atoms. The fraction of sp³-hybridized carbons (Fsp3) is 0.0299. The predicted molar refractivity (Wildman–Crippen MR) is 292 cm³/mol. The lowest BCUT2D eigenvalue weighted by molar-refractivity contribution is 0.628. The van der Waals surface area contributed by atoms with Crippen molar-refractivity contribution in [3.63, 3.8) is 0 Å². The van der Waals surface area contributed by atoms with Crippen LogP contribution in [0.15, 0.2) is 255 Å². The monoisotopic (exact) mass is 913 g/mol. The summed E-state index contributed by atoms with van der Waals surface area (Å²) in [4.78, 5) is 14.2. The maximum Gasteiger partial charge on any atom is 0.123 e. The van der Waals surface area contributed by atoms with E-state index in [1.54, 1.807) is 12.1 Å². The second kappa shape index (κ2) is 20.6. The third kappa shape index (κ3) is 10.3. The first-order valence-electron chi connectivity index (χ1n) is 24.0. The number of aryl methyl sites for hydroxylation is 2. The van der Waals surface area contributed by atoms with Gasteiger partial charge in [0.05, 0.1) is 17.1 Å². The van der Waals surface area contributed by atoms with E-state index in [4.69, 9.17) is 4.98 Å². The topological polar surface area (TPSA) is 38.7 Å². The van der Waals surface area contributed by atoms with E-state index in [1.807, 2.05) is 73.2 Å². The van der Waals surface area contributed by atoms with E-state index in [9.17, 15) is 0 Å². The van der Waals surface area contributed by atoms with Crippen molar-refractivity contribution < 1.29 is 4.39 Å². The fourth-order valence-corrected chi connectivity index (χ4v) is 9.29. The average Bonchev–Trinajstić information content (AvgIpc) is 3.45. The molecular weight excluding hydrogens is 866 g/mol. The molecule has 3 heterocycles. The Labute approximate surface area is 415 Å². The van der Waals surface area contributed by atoms with Gasteiger partial charge in [0, 0.05) is 40.8 Å². The lowest BCUT2D eigenvalue weighted by Crippen LogP contribution is -1.96. The quantitative estimate of drug-likeness (QED) is 0.108. The Morgan fingerprint density at radius 2 is 0.845 bits per heavy atom. The summed E-state index contributed by atoms with van der Waals surface area (Å²) < 4.78 is 15.8. The third-order valence-corrected chi connectivity index (χ3v) is 13.0. The molecule has 0 atom stereocenters. The standard InChI is InChI=1S/C67H48FN3/c68-60-36-37-61(64-46-71-67(45-63(64)54-14-5-2-6-15-54)58-17-11-16-57(43-58)53-34-32-52(33-35-53)51-12-3-1-4-13-51)62(44-60)59-41-49(22-20-47-24-28-55(29-25-47)65-18-7-9-38-69-65)40-50(42-59)23-21-48-26-30-56(31-27-48)66-19-8-10-39-70-66/h1-20,22,24-46H,21,23H2. The van der Waals surface area contributed by atoms with Crippen LogP contribution in [0.5, 0.6) is 0 Å². The molecule has 0 radical (unpaired) electrons. The Bertz CT molecular complexity index is 3590. The maximum absolute atomic E-state index is 15.8. The molecule has 0 aliphatic heterocycles. The lowest BCUT2D eigenvalue weighted by Gasteiger charge is -2.17. The van der Waals surface area contributed by atoms with Crippen molar-refractivity contribution in [2.24, 2.45) is 0 Å². The number of pyridine rings is 3. The Balaban J connectivity index is 0.959. The summed E-state index contributed by atoms with van der Waals surface area (Å²) in [5.74, 6) is -0.299. The summed E-state index contributed by atoms with van der Waals surface area (Å²) in [6.07, 6.45) is 11.5. The van der Waals surface area contributed by atoms with Crippen molar-refractivity contribution in [2.75, 3.05) is 0 Å². The smallest absolute Gasteiger partial charge is 0.123 e. The van der Waals surface area contributed by atoms with Gasteiger partial charge in [-0.3, -0.25) is 15.0 Å². The van der Waals surface area contributed by atoms with E-state index >= 15 is 4.39 Å². The van der Waals surface area contributed by atoms with Gasteiger partial charge in [-0.05, 0) is 140 Å². The van der Waals surface area contributed by atoms with Crippen molar-refractivity contribution >= 4 is 12.2 Å². The summed E-state index contributed by atoms with van der Waals surface area (Å²) in [6.45, 7) is 0. The van der Waals surface area contributed by atoms with Gasteiger partial charge in [0.2, 0.25) is 0 Å². The van der Waals surface area contributed by atoms with Crippen molar-refractivity contribution in [3.8, 4) is 89.4 Å². The first-order chi connectivity index (χ1) is 35.1. The van der Waals surface area contributed by atoms with Gasteiger partial charge < -0.3 is 0 Å². The van der Waals surface area contributed by atoms with Crippen molar-refractivity contribution in [1.29, 1.82) is 0 Å². The third-order valence-electron chi connectivity index (χ3n) is 13.0. The van der Waals surface area contributed by atoms with E-state index < -0.39 is 0 Å². The zero-order chi connectivity index (χ0) is 47.8. The highest BCUT2D eigenvalue weighted by molar-refractivity contribution is 5.93. The summed E-state index contributed by atoms with van der Waals surface area (Å²) in [6, 6.07) is 81.2. The second-order valence-electron chi connectivity index (χ2n) is 17.7. The van der Waals surface area contributed by atoms with E-state index in [-0.39, 0.29) is 5.82 Å².